The number of carbonyl (C=O) groups is 2. The van der Waals surface area contributed by atoms with Crippen LogP contribution in [0.25, 0.3) is 0 Å². The van der Waals surface area contributed by atoms with E-state index in [1.807, 2.05) is 6.92 Å². The number of nitrogens with one attached hydrogen (secondary N) is 1. The van der Waals surface area contributed by atoms with E-state index in [1.54, 1.807) is 6.92 Å². The molecule has 1 N–H and O–H groups in total. The standard InChI is InChI=1S/C6H9NO3/c1-3-6(2)4(8)10-5(9)7-6/h3H2,1-2H3,(H,7,9)/t6-/m0/s1. The molecule has 0 aromatic carbocycles. The molecule has 0 aliphatic carbocycles. The van der Waals surface area contributed by atoms with Crippen molar-refractivity contribution in [1.82, 2.24) is 5.32 Å². The molecule has 1 atom stereocenters. The zero-order valence-electron chi connectivity index (χ0n) is 5.93. The second-order valence-corrected chi connectivity index (χ2v) is 2.49. The van der Waals surface area contributed by atoms with Crippen LogP contribution in [0.15, 0.2) is 0 Å². The van der Waals surface area contributed by atoms with Gasteiger partial charge in [0.2, 0.25) is 0 Å². The SMILES string of the molecule is CC[C@]1(C)NC(=O)OC1=O. The second-order valence-electron chi connectivity index (χ2n) is 2.49. The maximum absolute atomic E-state index is 10.8. The van der Waals surface area contributed by atoms with Crippen LogP contribution in [0.5, 0.6) is 0 Å². The Kier molecular flexibility index (Phi) is 1.39. The summed E-state index contributed by atoms with van der Waals surface area (Å²) in [6, 6.07) is 0. The van der Waals surface area contributed by atoms with Gasteiger partial charge in [0.15, 0.2) is 0 Å². The maximum atomic E-state index is 10.8. The first-order valence-corrected chi connectivity index (χ1v) is 3.13. The van der Waals surface area contributed by atoms with Crippen LogP contribution in [0.1, 0.15) is 20.3 Å². The molecule has 1 aliphatic heterocycles. The van der Waals surface area contributed by atoms with E-state index in [4.69, 9.17) is 0 Å². The minimum Gasteiger partial charge on any atom is -0.374 e. The van der Waals surface area contributed by atoms with Gasteiger partial charge in [-0.05, 0) is 13.3 Å². The molecule has 0 aromatic rings. The highest BCUT2D eigenvalue weighted by Gasteiger charge is 2.42. The second kappa shape index (κ2) is 1.97. The van der Waals surface area contributed by atoms with Crippen LogP contribution >= 0.6 is 0 Å². The summed E-state index contributed by atoms with van der Waals surface area (Å²) in [5.41, 5.74) is -0.795. The number of hydrogen-bond donors (Lipinski definition) is 1. The predicted molar refractivity (Wildman–Crippen MR) is 33.3 cm³/mol. The fourth-order valence-electron chi connectivity index (χ4n) is 0.731. The number of amides is 1. The van der Waals surface area contributed by atoms with E-state index in [9.17, 15) is 9.59 Å². The summed E-state index contributed by atoms with van der Waals surface area (Å²) in [6.45, 7) is 3.45. The number of alkyl carbamates (subject to hydrolysis) is 1. The molecule has 1 saturated heterocycles. The van der Waals surface area contributed by atoms with Crippen LogP contribution in [-0.4, -0.2) is 17.6 Å². The molecule has 56 valence electrons. The van der Waals surface area contributed by atoms with E-state index in [0.717, 1.165) is 0 Å². The van der Waals surface area contributed by atoms with Gasteiger partial charge in [-0.2, -0.15) is 0 Å². The van der Waals surface area contributed by atoms with Gasteiger partial charge < -0.3 is 10.1 Å². The monoisotopic (exact) mass is 143 g/mol. The van der Waals surface area contributed by atoms with Crippen LogP contribution < -0.4 is 5.32 Å². The van der Waals surface area contributed by atoms with Gasteiger partial charge in [0.25, 0.3) is 0 Å². The van der Waals surface area contributed by atoms with E-state index in [0.29, 0.717) is 6.42 Å². The Bertz CT molecular complexity index is 189. The topological polar surface area (TPSA) is 55.4 Å². The van der Waals surface area contributed by atoms with Crippen molar-refractivity contribution in [2.24, 2.45) is 0 Å². The molecule has 0 radical (unpaired) electrons. The molecular formula is C6H9NO3. The molecule has 1 aliphatic rings. The number of hydrogen-bond acceptors (Lipinski definition) is 3. The van der Waals surface area contributed by atoms with Crippen molar-refractivity contribution >= 4 is 12.1 Å². The first-order chi connectivity index (χ1) is 4.58. The van der Waals surface area contributed by atoms with Gasteiger partial charge in [-0.25, -0.2) is 9.59 Å². The number of esters is 1. The van der Waals surface area contributed by atoms with Gasteiger partial charge in [-0.1, -0.05) is 6.92 Å². The van der Waals surface area contributed by atoms with E-state index in [-0.39, 0.29) is 0 Å². The van der Waals surface area contributed by atoms with E-state index in [1.165, 1.54) is 0 Å². The lowest BCUT2D eigenvalue weighted by molar-refractivity contribution is -0.138. The molecule has 4 heteroatoms. The first kappa shape index (κ1) is 7.05. The minimum atomic E-state index is -0.795. The fraction of sp³-hybridized carbons (Fsp3) is 0.667. The normalized spacial score (nSPS) is 31.8. The zero-order valence-corrected chi connectivity index (χ0v) is 5.93. The van der Waals surface area contributed by atoms with Crippen molar-refractivity contribution in [3.05, 3.63) is 0 Å². The van der Waals surface area contributed by atoms with Gasteiger partial charge in [-0.3, -0.25) is 0 Å². The fourth-order valence-corrected chi connectivity index (χ4v) is 0.731. The Balaban J connectivity index is 2.80. The summed E-state index contributed by atoms with van der Waals surface area (Å²) >= 11 is 0. The van der Waals surface area contributed by atoms with Crippen molar-refractivity contribution < 1.29 is 14.3 Å². The lowest BCUT2D eigenvalue weighted by Crippen LogP contribution is -2.42. The molecule has 1 heterocycles. The minimum absolute atomic E-state index is 0.486. The van der Waals surface area contributed by atoms with Crippen LogP contribution in [0, 0.1) is 0 Å². The highest BCUT2D eigenvalue weighted by atomic mass is 16.6. The number of cyclic esters (lactones) is 2. The van der Waals surface area contributed by atoms with Gasteiger partial charge in [0.1, 0.15) is 5.54 Å². The summed E-state index contributed by atoms with van der Waals surface area (Å²) in [7, 11) is 0. The van der Waals surface area contributed by atoms with Crippen molar-refractivity contribution in [3.8, 4) is 0 Å². The zero-order chi connectivity index (χ0) is 7.78. The third-order valence-corrected chi connectivity index (χ3v) is 1.72. The van der Waals surface area contributed by atoms with Crippen molar-refractivity contribution in [3.63, 3.8) is 0 Å². The lowest BCUT2D eigenvalue weighted by atomic mass is 10.0. The highest BCUT2D eigenvalue weighted by molar-refractivity contribution is 5.98. The summed E-state index contributed by atoms with van der Waals surface area (Å²) in [5, 5.41) is 2.42. The quantitative estimate of drug-likeness (QED) is 0.427. The van der Waals surface area contributed by atoms with Crippen LogP contribution in [0.4, 0.5) is 4.79 Å². The van der Waals surface area contributed by atoms with Crippen molar-refractivity contribution in [2.45, 2.75) is 25.8 Å². The van der Waals surface area contributed by atoms with Crippen molar-refractivity contribution in [2.75, 3.05) is 0 Å². The molecule has 4 nitrogen and oxygen atoms in total. The van der Waals surface area contributed by atoms with Gasteiger partial charge in [0.05, 0.1) is 0 Å². The van der Waals surface area contributed by atoms with Gasteiger partial charge >= 0.3 is 12.1 Å². The lowest BCUT2D eigenvalue weighted by Gasteiger charge is -2.14. The maximum Gasteiger partial charge on any atom is 0.415 e. The Morgan fingerprint density at radius 3 is 2.40 bits per heavy atom. The van der Waals surface area contributed by atoms with E-state index in [2.05, 4.69) is 10.1 Å². The summed E-state index contributed by atoms with van der Waals surface area (Å²) in [4.78, 5) is 21.3. The predicted octanol–water partition coefficient (Wildman–Crippen LogP) is 0.422. The summed E-state index contributed by atoms with van der Waals surface area (Å²) in [6.07, 6.45) is -0.0910. The number of rotatable bonds is 1. The average molecular weight is 143 g/mol. The molecular weight excluding hydrogens is 134 g/mol. The molecule has 0 aromatic heterocycles. The largest absolute Gasteiger partial charge is 0.415 e. The van der Waals surface area contributed by atoms with Crippen LogP contribution in [0.3, 0.4) is 0 Å². The Labute approximate surface area is 58.5 Å². The molecule has 0 saturated carbocycles. The molecule has 0 bridgehead atoms. The van der Waals surface area contributed by atoms with E-state index >= 15 is 0 Å². The number of carbonyl (C=O) groups excluding carboxylic acids is 2. The first-order valence-electron chi connectivity index (χ1n) is 3.13. The smallest absolute Gasteiger partial charge is 0.374 e. The van der Waals surface area contributed by atoms with Gasteiger partial charge in [-0.15, -0.1) is 0 Å². The molecule has 1 fully saturated rings. The third kappa shape index (κ3) is 0.853. The summed E-state index contributed by atoms with van der Waals surface area (Å²) in [5.74, 6) is -0.486. The molecule has 0 unspecified atom stereocenters. The summed E-state index contributed by atoms with van der Waals surface area (Å²) < 4.78 is 4.28. The Morgan fingerprint density at radius 1 is 1.60 bits per heavy atom. The average Bonchev–Trinajstić information content (AvgIpc) is 2.09. The molecule has 0 spiro atoms. The van der Waals surface area contributed by atoms with Crippen LogP contribution in [0.2, 0.25) is 0 Å². The molecule has 1 amide bonds. The molecule has 10 heavy (non-hydrogen) atoms. The van der Waals surface area contributed by atoms with Crippen molar-refractivity contribution in [1.29, 1.82) is 0 Å². The third-order valence-electron chi connectivity index (χ3n) is 1.72. The molecule has 1 rings (SSSR count). The van der Waals surface area contributed by atoms with E-state index < -0.39 is 17.6 Å². The number of ether oxygens (including phenoxy) is 1. The highest BCUT2D eigenvalue weighted by Crippen LogP contribution is 2.16. The Hall–Kier alpha value is -1.06. The van der Waals surface area contributed by atoms with Crippen LogP contribution in [-0.2, 0) is 9.53 Å². The van der Waals surface area contributed by atoms with Gasteiger partial charge in [0, 0.05) is 0 Å². The Morgan fingerprint density at radius 2 is 2.20 bits per heavy atom.